The maximum atomic E-state index is 5.00. The van der Waals surface area contributed by atoms with Crippen LogP contribution in [0.5, 0.6) is 0 Å². The number of para-hydroxylation sites is 2. The van der Waals surface area contributed by atoms with Crippen LogP contribution in [-0.4, -0.2) is 19.1 Å². The van der Waals surface area contributed by atoms with Crippen LogP contribution < -0.4 is 4.90 Å². The molecular formula is C49H39N5. The second-order valence-corrected chi connectivity index (χ2v) is 14.9. The van der Waals surface area contributed by atoms with E-state index in [-0.39, 0.29) is 5.41 Å². The fourth-order valence-electron chi connectivity index (χ4n) is 8.80. The van der Waals surface area contributed by atoms with Gasteiger partial charge in [0.05, 0.1) is 28.1 Å². The molecular weight excluding hydrogens is 659 g/mol. The molecule has 0 saturated carbocycles. The van der Waals surface area contributed by atoms with E-state index in [0.717, 1.165) is 45.3 Å². The molecule has 10 rings (SSSR count). The Morgan fingerprint density at radius 3 is 2.06 bits per heavy atom. The predicted molar refractivity (Wildman–Crippen MR) is 223 cm³/mol. The number of hydrogen-bond donors (Lipinski definition) is 0. The van der Waals surface area contributed by atoms with Gasteiger partial charge in [0.2, 0.25) is 0 Å². The third-order valence-corrected chi connectivity index (χ3v) is 11.3. The van der Waals surface area contributed by atoms with Crippen LogP contribution in [0.3, 0.4) is 0 Å². The molecule has 1 aliphatic rings. The molecule has 260 valence electrons. The molecule has 0 amide bonds. The summed E-state index contributed by atoms with van der Waals surface area (Å²) in [5.74, 6) is 1.82. The first-order valence-corrected chi connectivity index (χ1v) is 18.6. The maximum absolute atomic E-state index is 5.00. The Morgan fingerprint density at radius 2 is 1.24 bits per heavy atom. The van der Waals surface area contributed by atoms with E-state index < -0.39 is 0 Å². The van der Waals surface area contributed by atoms with Crippen molar-refractivity contribution in [3.8, 4) is 34.0 Å². The largest absolute Gasteiger partial charge is 0.310 e. The van der Waals surface area contributed by atoms with Crippen molar-refractivity contribution in [2.45, 2.75) is 33.1 Å². The minimum atomic E-state index is -0.218. The highest BCUT2D eigenvalue weighted by Gasteiger charge is 2.37. The standard InChI is InChI=1S/C49H39N5/c1-32-28-36(34-14-6-5-7-15-34)29-33(2)47(32)52-27-26-51-48(52)35-21-24-41-45(30-35)53(43-19-11-9-17-40(43)49(41,3)4)37-22-23-39-38-16-8-10-18-42(38)54(44(39)31-37)46-20-12-13-25-50-46/h5-31H,1-4H3. The van der Waals surface area contributed by atoms with Gasteiger partial charge in [-0.25, -0.2) is 9.97 Å². The van der Waals surface area contributed by atoms with Gasteiger partial charge in [-0.15, -0.1) is 0 Å². The normalized spacial score (nSPS) is 13.3. The summed E-state index contributed by atoms with van der Waals surface area (Å²) in [6, 6.07) is 52.5. The number of rotatable bonds is 5. The fourth-order valence-corrected chi connectivity index (χ4v) is 8.80. The van der Waals surface area contributed by atoms with Crippen LogP contribution in [0.25, 0.3) is 55.8 Å². The lowest BCUT2D eigenvalue weighted by atomic mass is 9.73. The van der Waals surface area contributed by atoms with Crippen molar-refractivity contribution in [2.75, 3.05) is 4.90 Å². The van der Waals surface area contributed by atoms with Crippen LogP contribution in [0.15, 0.2) is 164 Å². The molecule has 0 N–H and O–H groups in total. The molecule has 0 aliphatic carbocycles. The third-order valence-electron chi connectivity index (χ3n) is 11.3. The molecule has 0 atom stereocenters. The highest BCUT2D eigenvalue weighted by atomic mass is 15.2. The molecule has 6 aromatic carbocycles. The van der Waals surface area contributed by atoms with E-state index in [1.807, 2.05) is 18.5 Å². The molecule has 0 unspecified atom stereocenters. The number of nitrogens with zero attached hydrogens (tertiary/aromatic N) is 5. The average Bonchev–Trinajstić information content (AvgIpc) is 3.81. The number of imidazole rings is 1. The topological polar surface area (TPSA) is 38.9 Å². The van der Waals surface area contributed by atoms with E-state index in [1.165, 1.54) is 49.8 Å². The molecule has 54 heavy (non-hydrogen) atoms. The van der Waals surface area contributed by atoms with Gasteiger partial charge in [-0.3, -0.25) is 9.13 Å². The van der Waals surface area contributed by atoms with E-state index >= 15 is 0 Å². The smallest absolute Gasteiger partial charge is 0.144 e. The average molecular weight is 698 g/mol. The molecule has 0 bridgehead atoms. The molecule has 0 radical (unpaired) electrons. The summed E-state index contributed by atoms with van der Waals surface area (Å²) in [6.07, 6.45) is 5.87. The van der Waals surface area contributed by atoms with Crippen LogP contribution in [0, 0.1) is 13.8 Å². The molecule has 4 heterocycles. The van der Waals surface area contributed by atoms with Crippen molar-refractivity contribution >= 4 is 38.9 Å². The van der Waals surface area contributed by atoms with Crippen molar-refractivity contribution in [2.24, 2.45) is 0 Å². The van der Waals surface area contributed by atoms with Crippen LogP contribution >= 0.6 is 0 Å². The number of fused-ring (bicyclic) bond motifs is 5. The van der Waals surface area contributed by atoms with Crippen molar-refractivity contribution in [3.05, 3.63) is 186 Å². The molecule has 3 aromatic heterocycles. The second kappa shape index (κ2) is 12.2. The Labute approximate surface area is 315 Å². The number of benzene rings is 6. The number of aryl methyl sites for hydroxylation is 2. The number of hydrogen-bond acceptors (Lipinski definition) is 3. The lowest BCUT2D eigenvalue weighted by molar-refractivity contribution is 0.632. The first kappa shape index (κ1) is 32.0. The lowest BCUT2D eigenvalue weighted by Crippen LogP contribution is -2.30. The van der Waals surface area contributed by atoms with Gasteiger partial charge in [0, 0.05) is 46.0 Å². The summed E-state index contributed by atoms with van der Waals surface area (Å²) in [5.41, 5.74) is 15.1. The summed E-state index contributed by atoms with van der Waals surface area (Å²) < 4.78 is 4.54. The third kappa shape index (κ3) is 4.85. The summed E-state index contributed by atoms with van der Waals surface area (Å²) in [5, 5.41) is 2.41. The summed E-state index contributed by atoms with van der Waals surface area (Å²) in [7, 11) is 0. The number of aromatic nitrogens is 4. The molecule has 0 spiro atoms. The van der Waals surface area contributed by atoms with Crippen LogP contribution in [0.4, 0.5) is 17.1 Å². The quantitative estimate of drug-likeness (QED) is 0.180. The highest BCUT2D eigenvalue weighted by Crippen LogP contribution is 2.53. The van der Waals surface area contributed by atoms with E-state index in [4.69, 9.17) is 9.97 Å². The zero-order valence-corrected chi connectivity index (χ0v) is 30.8. The number of pyridine rings is 1. The molecule has 0 saturated heterocycles. The van der Waals surface area contributed by atoms with E-state index in [1.54, 1.807) is 0 Å². The maximum Gasteiger partial charge on any atom is 0.144 e. The van der Waals surface area contributed by atoms with Gasteiger partial charge in [0.25, 0.3) is 0 Å². The molecule has 9 aromatic rings. The first-order valence-electron chi connectivity index (χ1n) is 18.6. The van der Waals surface area contributed by atoms with Crippen molar-refractivity contribution in [3.63, 3.8) is 0 Å². The molecule has 5 nitrogen and oxygen atoms in total. The van der Waals surface area contributed by atoms with Gasteiger partial charge in [-0.1, -0.05) is 105 Å². The van der Waals surface area contributed by atoms with E-state index in [0.29, 0.717) is 0 Å². The van der Waals surface area contributed by atoms with Crippen LogP contribution in [-0.2, 0) is 5.41 Å². The Bertz CT molecular complexity index is 2860. The monoisotopic (exact) mass is 697 g/mol. The SMILES string of the molecule is Cc1cc(-c2ccccc2)cc(C)c1-n1ccnc1-c1ccc2c(c1)N(c1ccc3c4ccccc4n(-c4ccccn4)c3c1)c1ccccc1C2(C)C. The van der Waals surface area contributed by atoms with Gasteiger partial charge in [-0.2, -0.15) is 0 Å². The lowest BCUT2D eigenvalue weighted by Gasteiger charge is -2.42. The van der Waals surface area contributed by atoms with Gasteiger partial charge < -0.3 is 4.90 Å². The summed E-state index contributed by atoms with van der Waals surface area (Å²) in [4.78, 5) is 12.2. The van der Waals surface area contributed by atoms with Gasteiger partial charge in [0.15, 0.2) is 0 Å². The van der Waals surface area contributed by atoms with E-state index in [9.17, 15) is 0 Å². The van der Waals surface area contributed by atoms with Gasteiger partial charge in [-0.05, 0) is 102 Å². The van der Waals surface area contributed by atoms with Gasteiger partial charge >= 0.3 is 0 Å². The van der Waals surface area contributed by atoms with Crippen LogP contribution in [0.2, 0.25) is 0 Å². The Balaban J connectivity index is 1.16. The van der Waals surface area contributed by atoms with Crippen molar-refractivity contribution < 1.29 is 0 Å². The van der Waals surface area contributed by atoms with E-state index in [2.05, 4.69) is 187 Å². The van der Waals surface area contributed by atoms with Crippen LogP contribution in [0.1, 0.15) is 36.1 Å². The van der Waals surface area contributed by atoms with Crippen molar-refractivity contribution in [1.82, 2.24) is 19.1 Å². The second-order valence-electron chi connectivity index (χ2n) is 14.9. The Morgan fingerprint density at radius 1 is 0.519 bits per heavy atom. The number of anilines is 3. The zero-order valence-electron chi connectivity index (χ0n) is 30.8. The molecule has 1 aliphatic heterocycles. The summed E-state index contributed by atoms with van der Waals surface area (Å²) >= 11 is 0. The predicted octanol–water partition coefficient (Wildman–Crippen LogP) is 12.4. The Kier molecular flexibility index (Phi) is 7.21. The zero-order chi connectivity index (χ0) is 36.6. The molecule has 5 heteroatoms. The highest BCUT2D eigenvalue weighted by molar-refractivity contribution is 6.10. The van der Waals surface area contributed by atoms with Gasteiger partial charge in [0.1, 0.15) is 11.6 Å². The minimum absolute atomic E-state index is 0.218. The fraction of sp³-hybridized carbons (Fsp3) is 0.102. The van der Waals surface area contributed by atoms with Crippen molar-refractivity contribution in [1.29, 1.82) is 0 Å². The molecule has 0 fully saturated rings. The first-order chi connectivity index (χ1) is 26.4. The Hall–Kier alpha value is -6.72. The minimum Gasteiger partial charge on any atom is -0.310 e. The summed E-state index contributed by atoms with van der Waals surface area (Å²) in [6.45, 7) is 9.08.